The summed E-state index contributed by atoms with van der Waals surface area (Å²) in [5, 5.41) is 13.4. The Morgan fingerprint density at radius 3 is 2.58 bits per heavy atom. The van der Waals surface area contributed by atoms with Gasteiger partial charge in [-0.2, -0.15) is 0 Å². The summed E-state index contributed by atoms with van der Waals surface area (Å²) in [5.74, 6) is -1.66. The zero-order chi connectivity index (χ0) is 14.6. The van der Waals surface area contributed by atoms with Gasteiger partial charge in [-0.05, 0) is 13.0 Å². The van der Waals surface area contributed by atoms with E-state index in [1.165, 1.54) is 19.1 Å². The number of non-ortho nitro benzene ring substituents is 1. The molecule has 19 heavy (non-hydrogen) atoms. The first kappa shape index (κ1) is 14.4. The minimum atomic E-state index is -1.11. The van der Waals surface area contributed by atoms with E-state index >= 15 is 0 Å². The van der Waals surface area contributed by atoms with Gasteiger partial charge in [-0.25, -0.2) is 4.79 Å². The van der Waals surface area contributed by atoms with E-state index in [0.29, 0.717) is 5.69 Å². The smallest absolute Gasteiger partial charge is 0.341 e. The maximum atomic E-state index is 11.8. The molecule has 8 heteroatoms. The molecule has 1 rings (SSSR count). The number of nitro groups is 1. The summed E-state index contributed by atoms with van der Waals surface area (Å²) in [5.41, 5.74) is 5.04. The van der Waals surface area contributed by atoms with Crippen LogP contribution < -0.4 is 11.1 Å². The zero-order valence-corrected chi connectivity index (χ0v) is 10.4. The fourth-order valence-electron chi connectivity index (χ4n) is 1.31. The van der Waals surface area contributed by atoms with Crippen molar-refractivity contribution >= 4 is 23.3 Å². The van der Waals surface area contributed by atoms with Crippen LogP contribution in [0.3, 0.4) is 0 Å². The Hall–Kier alpha value is -2.64. The number of carbonyl (C=O) groups excluding carboxylic acids is 2. The highest BCUT2D eigenvalue weighted by Gasteiger charge is 2.21. The largest absolute Gasteiger partial charge is 0.449 e. The summed E-state index contributed by atoms with van der Waals surface area (Å²) in [6.07, 6.45) is -1.11. The Morgan fingerprint density at radius 1 is 1.47 bits per heavy atom. The number of carbonyl (C=O) groups is 2. The lowest BCUT2D eigenvalue weighted by molar-refractivity contribution is -0.384. The molecule has 1 amide bonds. The molecule has 1 aromatic rings. The first-order valence-corrected chi connectivity index (χ1v) is 5.33. The van der Waals surface area contributed by atoms with Gasteiger partial charge in [0.1, 0.15) is 0 Å². The molecule has 0 heterocycles. The molecule has 1 aromatic carbocycles. The Balaban J connectivity index is 3.09. The number of hydrogen-bond acceptors (Lipinski definition) is 6. The van der Waals surface area contributed by atoms with Gasteiger partial charge in [0.25, 0.3) is 11.6 Å². The molecule has 1 atom stereocenters. The number of anilines is 1. The van der Waals surface area contributed by atoms with Crippen molar-refractivity contribution in [1.29, 1.82) is 0 Å². The maximum absolute atomic E-state index is 11.8. The summed E-state index contributed by atoms with van der Waals surface area (Å²) >= 11 is 0. The van der Waals surface area contributed by atoms with Crippen molar-refractivity contribution in [3.8, 4) is 0 Å². The first-order valence-electron chi connectivity index (χ1n) is 5.33. The molecule has 0 unspecified atom stereocenters. The molecule has 8 nitrogen and oxygen atoms in total. The quantitative estimate of drug-likeness (QED) is 0.459. The van der Waals surface area contributed by atoms with Gasteiger partial charge in [0.2, 0.25) is 0 Å². The van der Waals surface area contributed by atoms with Crippen LogP contribution in [-0.2, 0) is 9.53 Å². The molecule has 0 aliphatic carbocycles. The van der Waals surface area contributed by atoms with Gasteiger partial charge in [-0.15, -0.1) is 0 Å². The summed E-state index contributed by atoms with van der Waals surface area (Å²) in [6, 6.07) is 3.70. The lowest BCUT2D eigenvalue weighted by Crippen LogP contribution is -2.30. The number of ether oxygens (including phenoxy) is 1. The predicted octanol–water partition coefficient (Wildman–Crippen LogP) is 0.667. The second-order valence-corrected chi connectivity index (χ2v) is 3.69. The number of primary amides is 1. The van der Waals surface area contributed by atoms with Crippen molar-refractivity contribution in [2.75, 3.05) is 12.4 Å². The number of rotatable bonds is 5. The minimum absolute atomic E-state index is 0.0372. The summed E-state index contributed by atoms with van der Waals surface area (Å²) < 4.78 is 4.80. The van der Waals surface area contributed by atoms with Crippen molar-refractivity contribution in [2.45, 2.75) is 13.0 Å². The predicted molar refractivity (Wildman–Crippen MR) is 66.7 cm³/mol. The van der Waals surface area contributed by atoms with Crippen LogP contribution in [0.2, 0.25) is 0 Å². The van der Waals surface area contributed by atoms with Crippen molar-refractivity contribution in [3.05, 3.63) is 33.9 Å². The van der Waals surface area contributed by atoms with E-state index in [1.54, 1.807) is 7.05 Å². The number of benzene rings is 1. The van der Waals surface area contributed by atoms with Crippen LogP contribution in [0.4, 0.5) is 11.4 Å². The summed E-state index contributed by atoms with van der Waals surface area (Å²) in [6.45, 7) is 1.32. The molecule has 0 spiro atoms. The second-order valence-electron chi connectivity index (χ2n) is 3.69. The van der Waals surface area contributed by atoms with Crippen LogP contribution in [0.15, 0.2) is 18.2 Å². The Morgan fingerprint density at radius 2 is 2.11 bits per heavy atom. The molecule has 0 saturated carbocycles. The van der Waals surface area contributed by atoms with Crippen LogP contribution >= 0.6 is 0 Å². The van der Waals surface area contributed by atoms with E-state index < -0.39 is 22.9 Å². The molecule has 0 bridgehead atoms. The number of nitrogens with one attached hydrogen (secondary N) is 1. The standard InChI is InChI=1S/C11H13N3O5/c1-6(10(12)15)19-11(16)8-5-7(14(17)18)3-4-9(8)13-2/h3-6,13H,1-2H3,(H2,12,15)/t6-/m1/s1. The fraction of sp³-hybridized carbons (Fsp3) is 0.273. The lowest BCUT2D eigenvalue weighted by atomic mass is 10.1. The third kappa shape index (κ3) is 3.41. The molecule has 0 saturated heterocycles. The van der Waals surface area contributed by atoms with Crippen molar-refractivity contribution in [1.82, 2.24) is 0 Å². The van der Waals surface area contributed by atoms with E-state index in [-0.39, 0.29) is 11.3 Å². The van der Waals surface area contributed by atoms with Gasteiger partial charge < -0.3 is 15.8 Å². The number of amides is 1. The van der Waals surface area contributed by atoms with E-state index in [1.807, 2.05) is 0 Å². The topological polar surface area (TPSA) is 125 Å². The highest BCUT2D eigenvalue weighted by molar-refractivity contribution is 5.97. The summed E-state index contributed by atoms with van der Waals surface area (Å²) in [4.78, 5) is 32.7. The third-order valence-electron chi connectivity index (χ3n) is 2.39. The van der Waals surface area contributed by atoms with Gasteiger partial charge >= 0.3 is 5.97 Å². The van der Waals surface area contributed by atoms with Gasteiger partial charge in [0.05, 0.1) is 10.5 Å². The van der Waals surface area contributed by atoms with Crippen LogP contribution in [0.1, 0.15) is 17.3 Å². The molecular formula is C11H13N3O5. The molecule has 0 aliphatic rings. The highest BCUT2D eigenvalue weighted by atomic mass is 16.6. The van der Waals surface area contributed by atoms with Gasteiger partial charge in [-0.3, -0.25) is 14.9 Å². The molecule has 0 radical (unpaired) electrons. The van der Waals surface area contributed by atoms with Crippen molar-refractivity contribution in [2.24, 2.45) is 5.73 Å². The molecule has 3 N–H and O–H groups in total. The third-order valence-corrected chi connectivity index (χ3v) is 2.39. The average molecular weight is 267 g/mol. The number of esters is 1. The van der Waals surface area contributed by atoms with Crippen molar-refractivity contribution < 1.29 is 19.2 Å². The van der Waals surface area contributed by atoms with E-state index in [0.717, 1.165) is 6.07 Å². The van der Waals surface area contributed by atoms with Gasteiger partial charge in [0.15, 0.2) is 6.10 Å². The van der Waals surface area contributed by atoms with E-state index in [2.05, 4.69) is 5.32 Å². The monoisotopic (exact) mass is 267 g/mol. The molecular weight excluding hydrogens is 254 g/mol. The molecule has 0 aromatic heterocycles. The Labute approximate surface area is 108 Å². The molecule has 0 aliphatic heterocycles. The Kier molecular flexibility index (Phi) is 4.41. The molecule has 102 valence electrons. The number of hydrogen-bond donors (Lipinski definition) is 2. The second kappa shape index (κ2) is 5.80. The van der Waals surface area contributed by atoms with Crippen LogP contribution in [0, 0.1) is 10.1 Å². The summed E-state index contributed by atoms with van der Waals surface area (Å²) in [7, 11) is 1.55. The average Bonchev–Trinajstić information content (AvgIpc) is 2.37. The van der Waals surface area contributed by atoms with Crippen molar-refractivity contribution in [3.63, 3.8) is 0 Å². The van der Waals surface area contributed by atoms with E-state index in [9.17, 15) is 19.7 Å². The number of nitro benzene ring substituents is 1. The van der Waals surface area contributed by atoms with E-state index in [4.69, 9.17) is 10.5 Å². The minimum Gasteiger partial charge on any atom is -0.449 e. The Bertz CT molecular complexity index is 529. The normalized spacial score (nSPS) is 11.5. The molecule has 0 fully saturated rings. The number of nitrogens with two attached hydrogens (primary N) is 1. The van der Waals surface area contributed by atoms with Gasteiger partial charge in [0, 0.05) is 24.9 Å². The fourth-order valence-corrected chi connectivity index (χ4v) is 1.31. The van der Waals surface area contributed by atoms with Crippen LogP contribution in [0.5, 0.6) is 0 Å². The van der Waals surface area contributed by atoms with Crippen LogP contribution in [-0.4, -0.2) is 30.0 Å². The SMILES string of the molecule is CNc1ccc([N+](=O)[O-])cc1C(=O)O[C@H](C)C(N)=O. The van der Waals surface area contributed by atoms with Crippen LogP contribution in [0.25, 0.3) is 0 Å². The maximum Gasteiger partial charge on any atom is 0.341 e. The van der Waals surface area contributed by atoms with Gasteiger partial charge in [-0.1, -0.05) is 0 Å². The first-order chi connectivity index (χ1) is 8.86. The number of nitrogens with zero attached hydrogens (tertiary/aromatic N) is 1. The zero-order valence-electron chi connectivity index (χ0n) is 10.4. The lowest BCUT2D eigenvalue weighted by Gasteiger charge is -2.12. The highest BCUT2D eigenvalue weighted by Crippen LogP contribution is 2.22.